The number of hydrazone groups is 1. The Bertz CT molecular complexity index is 1510. The van der Waals surface area contributed by atoms with Crippen molar-refractivity contribution in [2.24, 2.45) is 5.10 Å². The number of nitrogens with one attached hydrogen (secondary N) is 4. The second-order valence-electron chi connectivity index (χ2n) is 12.9. The van der Waals surface area contributed by atoms with Gasteiger partial charge in [0, 0.05) is 71.2 Å². The molecule has 0 spiro atoms. The summed E-state index contributed by atoms with van der Waals surface area (Å²) in [4.78, 5) is 69.7. The molecule has 1 atom stereocenters. The molecule has 5 amide bonds. The second kappa shape index (κ2) is 27.5. The van der Waals surface area contributed by atoms with Crippen molar-refractivity contribution >= 4 is 52.6 Å². The summed E-state index contributed by atoms with van der Waals surface area (Å²) in [7, 11) is 0. The number of thiocarbonyl (C=S) groups is 1. The summed E-state index contributed by atoms with van der Waals surface area (Å²) >= 11 is 5.35. The van der Waals surface area contributed by atoms with Crippen LogP contribution in [0, 0.1) is 0 Å². The number of hydrogen-bond donors (Lipinski definition) is 7. The molecule has 2 heterocycles. The van der Waals surface area contributed by atoms with Crippen LogP contribution in [0.15, 0.2) is 53.9 Å². The first kappa shape index (κ1) is 47.0. The van der Waals surface area contributed by atoms with Crippen LogP contribution in [-0.4, -0.2) is 113 Å². The van der Waals surface area contributed by atoms with Crippen LogP contribution in [-0.2, 0) is 24.0 Å². The van der Waals surface area contributed by atoms with Crippen molar-refractivity contribution in [3.63, 3.8) is 0 Å². The van der Waals surface area contributed by atoms with Gasteiger partial charge in [0.15, 0.2) is 5.11 Å². The van der Waals surface area contributed by atoms with E-state index in [2.05, 4.69) is 36.4 Å². The molecule has 0 fully saturated rings. The minimum atomic E-state index is -1.05. The maximum absolute atomic E-state index is 12.7. The van der Waals surface area contributed by atoms with Crippen molar-refractivity contribution in [1.82, 2.24) is 46.5 Å². The molecular formula is C37H56N10O8S. The van der Waals surface area contributed by atoms with Gasteiger partial charge in [-0.1, -0.05) is 25.5 Å². The van der Waals surface area contributed by atoms with E-state index >= 15 is 0 Å². The van der Waals surface area contributed by atoms with Crippen molar-refractivity contribution in [1.29, 1.82) is 0 Å². The zero-order valence-corrected chi connectivity index (χ0v) is 33.0. The summed E-state index contributed by atoms with van der Waals surface area (Å²) in [5.41, 5.74) is 4.62. The van der Waals surface area contributed by atoms with Gasteiger partial charge in [-0.2, -0.15) is 5.10 Å². The molecule has 7 N–H and O–H groups in total. The number of unbranched alkanes of at least 4 members (excludes halogenated alkanes) is 5. The van der Waals surface area contributed by atoms with Crippen LogP contribution in [0.25, 0.3) is 0 Å². The van der Waals surface area contributed by atoms with Gasteiger partial charge in [0.25, 0.3) is 0 Å². The van der Waals surface area contributed by atoms with Gasteiger partial charge >= 0.3 is 0 Å². The molecule has 0 saturated heterocycles. The van der Waals surface area contributed by atoms with E-state index in [0.29, 0.717) is 95.4 Å². The van der Waals surface area contributed by atoms with Crippen LogP contribution in [0.1, 0.15) is 109 Å². The number of rotatable bonds is 26. The van der Waals surface area contributed by atoms with Crippen LogP contribution in [0.3, 0.4) is 0 Å². The molecule has 0 radical (unpaired) electrons. The molecule has 2 aromatic heterocycles. The Morgan fingerprint density at radius 3 is 1.88 bits per heavy atom. The Morgan fingerprint density at radius 1 is 0.732 bits per heavy atom. The molecule has 0 bridgehead atoms. The first-order valence-electron chi connectivity index (χ1n) is 18.9. The van der Waals surface area contributed by atoms with Gasteiger partial charge in [-0.05, 0) is 87.8 Å². The fraction of sp³-hybridized carbons (Fsp3) is 0.541. The van der Waals surface area contributed by atoms with E-state index in [9.17, 15) is 39.6 Å². The first-order chi connectivity index (χ1) is 26.9. The zero-order chi connectivity index (χ0) is 41.1. The van der Waals surface area contributed by atoms with Crippen LogP contribution < -0.4 is 21.4 Å². The molecule has 18 nitrogen and oxygen atoms in total. The first-order valence-corrected chi connectivity index (χ1v) is 19.3. The zero-order valence-electron chi connectivity index (χ0n) is 32.2. The van der Waals surface area contributed by atoms with Crippen LogP contribution >= 0.6 is 12.2 Å². The van der Waals surface area contributed by atoms with Crippen molar-refractivity contribution in [3.05, 3.63) is 60.2 Å². The Labute approximate surface area is 333 Å². The number of carbonyl (C=O) groups is 5. The number of aromatic nitrogens is 2. The van der Waals surface area contributed by atoms with Crippen molar-refractivity contribution < 1.29 is 39.6 Å². The second-order valence-corrected chi connectivity index (χ2v) is 13.3. The van der Waals surface area contributed by atoms with Crippen LogP contribution in [0.4, 0.5) is 0 Å². The largest absolute Gasteiger partial charge is 0.361 e. The summed E-state index contributed by atoms with van der Waals surface area (Å²) in [5, 5.41) is 44.8. The average Bonchev–Trinajstić information content (AvgIpc) is 3.20. The highest BCUT2D eigenvalue weighted by Gasteiger charge is 2.24. The van der Waals surface area contributed by atoms with E-state index < -0.39 is 29.8 Å². The third-order valence-corrected chi connectivity index (χ3v) is 8.51. The Kier molecular flexibility index (Phi) is 23.1. The lowest BCUT2D eigenvalue weighted by molar-refractivity contribution is -0.181. The van der Waals surface area contributed by atoms with Gasteiger partial charge in [-0.3, -0.25) is 55.0 Å². The molecule has 0 saturated carbocycles. The third kappa shape index (κ3) is 19.5. The number of carbonyl (C=O) groups excluding carboxylic acids is 5. The monoisotopic (exact) mass is 800 g/mol. The standard InChI is InChI=1S/C37H56N10O8S/c1-3-4-17-31(47(55)35(52)21-18-32(49)40-24-9-5-13-26-45(53)28(2)48)42-33(50)19-20-34(51)46(54)27-14-6-10-25-41-37(56)44-43-36(29-15-7-11-22-38-29)30-16-8-12-23-39-30/h7-8,11-12,15-16,22-23,31,53-55H,3-6,9-10,13-14,17-21,24-27H2,1-2H3,(H,40,49)(H,42,50)(H2,41,44,56). The van der Waals surface area contributed by atoms with Crippen LogP contribution in [0.2, 0.25) is 0 Å². The van der Waals surface area contributed by atoms with Gasteiger partial charge in [0.05, 0.1) is 11.4 Å². The van der Waals surface area contributed by atoms with E-state index in [-0.39, 0.29) is 51.1 Å². The summed E-state index contributed by atoms with van der Waals surface area (Å²) in [5.74, 6) is -2.80. The van der Waals surface area contributed by atoms with Gasteiger partial charge in [0.2, 0.25) is 29.5 Å². The fourth-order valence-corrected chi connectivity index (χ4v) is 5.24. The van der Waals surface area contributed by atoms with E-state index in [1.54, 1.807) is 12.4 Å². The van der Waals surface area contributed by atoms with Crippen LogP contribution in [0.5, 0.6) is 0 Å². The lowest BCUT2D eigenvalue weighted by Crippen LogP contribution is -2.49. The number of nitrogens with zero attached hydrogens (tertiary/aromatic N) is 6. The van der Waals surface area contributed by atoms with Gasteiger partial charge in [0.1, 0.15) is 11.9 Å². The minimum Gasteiger partial charge on any atom is -0.361 e. The molecule has 1 unspecified atom stereocenters. The van der Waals surface area contributed by atoms with Gasteiger partial charge < -0.3 is 16.0 Å². The molecule has 56 heavy (non-hydrogen) atoms. The van der Waals surface area contributed by atoms with E-state index in [1.165, 1.54) is 6.92 Å². The molecule has 0 aliphatic heterocycles. The lowest BCUT2D eigenvalue weighted by Gasteiger charge is -2.27. The summed E-state index contributed by atoms with van der Waals surface area (Å²) in [6, 6.07) is 11.0. The maximum Gasteiger partial charge on any atom is 0.248 e. The van der Waals surface area contributed by atoms with E-state index in [4.69, 9.17) is 12.2 Å². The summed E-state index contributed by atoms with van der Waals surface area (Å²) in [6.45, 7) is 4.32. The predicted molar refractivity (Wildman–Crippen MR) is 210 cm³/mol. The number of pyridine rings is 2. The Balaban J connectivity index is 1.65. The molecule has 308 valence electrons. The maximum atomic E-state index is 12.7. The highest BCUT2D eigenvalue weighted by atomic mass is 32.1. The smallest absolute Gasteiger partial charge is 0.248 e. The average molecular weight is 801 g/mol. The molecular weight excluding hydrogens is 745 g/mol. The molecule has 2 aromatic rings. The van der Waals surface area contributed by atoms with E-state index in [0.717, 1.165) is 6.42 Å². The fourth-order valence-electron chi connectivity index (χ4n) is 5.09. The Hall–Kier alpha value is -5.11. The normalized spacial score (nSPS) is 11.1. The third-order valence-electron chi connectivity index (χ3n) is 8.28. The molecule has 0 aliphatic rings. The summed E-state index contributed by atoms with van der Waals surface area (Å²) in [6.07, 6.45) is 6.57. The quantitative estimate of drug-likeness (QED) is 0.0181. The van der Waals surface area contributed by atoms with E-state index in [1.807, 2.05) is 43.3 Å². The Morgan fingerprint density at radius 2 is 1.30 bits per heavy atom. The van der Waals surface area contributed by atoms with Crippen molar-refractivity contribution in [2.75, 3.05) is 26.2 Å². The van der Waals surface area contributed by atoms with Gasteiger partial charge in [-0.25, -0.2) is 15.2 Å². The molecule has 2 rings (SSSR count). The number of amides is 5. The number of hydroxylamine groups is 6. The lowest BCUT2D eigenvalue weighted by atomic mass is 10.1. The highest BCUT2D eigenvalue weighted by Crippen LogP contribution is 2.10. The topological polar surface area (TPSA) is 242 Å². The SMILES string of the molecule is CCCCC(NC(=O)CCC(=O)N(O)CCCCCNC(=S)NN=C(c1ccccn1)c1ccccn1)N(O)C(=O)CCC(=O)NCCCCCN(O)C(C)=O. The predicted octanol–water partition coefficient (Wildman–Crippen LogP) is 3.02. The van der Waals surface area contributed by atoms with Gasteiger partial charge in [-0.15, -0.1) is 0 Å². The van der Waals surface area contributed by atoms with Crippen molar-refractivity contribution in [3.8, 4) is 0 Å². The molecule has 19 heteroatoms. The molecule has 0 aromatic carbocycles. The highest BCUT2D eigenvalue weighted by molar-refractivity contribution is 7.80. The minimum absolute atomic E-state index is 0.0696. The van der Waals surface area contributed by atoms with Crippen molar-refractivity contribution in [2.45, 2.75) is 103 Å². The number of hydrogen-bond acceptors (Lipinski definition) is 12. The summed E-state index contributed by atoms with van der Waals surface area (Å²) < 4.78 is 0. The molecule has 0 aliphatic carbocycles.